The van der Waals surface area contributed by atoms with Gasteiger partial charge in [0.15, 0.2) is 0 Å². The van der Waals surface area contributed by atoms with Gasteiger partial charge in [0.2, 0.25) is 15.9 Å². The third kappa shape index (κ3) is 5.65. The quantitative estimate of drug-likeness (QED) is 0.319. The molecule has 3 aromatic rings. The first kappa shape index (κ1) is 23.1. The summed E-state index contributed by atoms with van der Waals surface area (Å²) in [5.74, 6) is -0.287. The van der Waals surface area contributed by atoms with Crippen LogP contribution in [0, 0.1) is 10.1 Å². The molecule has 0 bridgehead atoms. The van der Waals surface area contributed by atoms with E-state index < -0.39 is 14.9 Å². The molecular formula is C23H23N3O5S2. The number of amides is 1. The van der Waals surface area contributed by atoms with Gasteiger partial charge in [-0.15, -0.1) is 11.3 Å². The highest BCUT2D eigenvalue weighted by molar-refractivity contribution is 7.89. The molecule has 1 aliphatic carbocycles. The minimum absolute atomic E-state index is 0.0549. The molecular weight excluding hydrogens is 462 g/mol. The molecule has 4 rings (SSSR count). The summed E-state index contributed by atoms with van der Waals surface area (Å²) in [7, 11) is -3.98. The third-order valence-electron chi connectivity index (χ3n) is 5.40. The van der Waals surface area contributed by atoms with Crippen molar-refractivity contribution in [2.24, 2.45) is 0 Å². The summed E-state index contributed by atoms with van der Waals surface area (Å²) < 4.78 is 27.9. The largest absolute Gasteiger partial charge is 0.332 e. The van der Waals surface area contributed by atoms with Gasteiger partial charge in [-0.2, -0.15) is 4.31 Å². The van der Waals surface area contributed by atoms with Crippen molar-refractivity contribution in [1.82, 2.24) is 9.21 Å². The minimum Gasteiger partial charge on any atom is -0.332 e. The average Bonchev–Trinajstić information content (AvgIpc) is 3.52. The zero-order chi connectivity index (χ0) is 23.4. The second-order valence-electron chi connectivity index (χ2n) is 7.85. The van der Waals surface area contributed by atoms with Crippen molar-refractivity contribution >= 4 is 33.0 Å². The molecule has 0 radical (unpaired) electrons. The lowest BCUT2D eigenvalue weighted by Gasteiger charge is -2.27. The SMILES string of the molecule is O=C(CN(C1CC1)S(=O)(=O)c1ccc([N+](=O)[O-])cc1)N(Cc1ccccc1)Cc1cccs1. The highest BCUT2D eigenvalue weighted by Gasteiger charge is 2.40. The molecule has 1 amide bonds. The fraction of sp³-hybridized carbons (Fsp3) is 0.261. The summed E-state index contributed by atoms with van der Waals surface area (Å²) >= 11 is 1.54. The molecule has 0 N–H and O–H groups in total. The van der Waals surface area contributed by atoms with Gasteiger partial charge in [0, 0.05) is 29.6 Å². The van der Waals surface area contributed by atoms with Gasteiger partial charge in [-0.25, -0.2) is 8.42 Å². The van der Waals surface area contributed by atoms with Crippen molar-refractivity contribution in [1.29, 1.82) is 0 Å². The number of sulfonamides is 1. The number of nitro benzene ring substituents is 1. The maximum Gasteiger partial charge on any atom is 0.269 e. The standard InChI is InChI=1S/C23H23N3O5S2/c27-23(24(16-21-7-4-14-32-21)15-18-5-2-1-3-6-18)17-25(19-8-9-19)33(30,31)22-12-10-20(11-13-22)26(28)29/h1-7,10-14,19H,8-9,15-17H2. The predicted octanol–water partition coefficient (Wildman–Crippen LogP) is 4.04. The Morgan fingerprint density at radius 3 is 2.27 bits per heavy atom. The van der Waals surface area contributed by atoms with E-state index in [2.05, 4.69) is 0 Å². The molecule has 0 saturated heterocycles. The van der Waals surface area contributed by atoms with E-state index in [0.717, 1.165) is 22.6 Å². The van der Waals surface area contributed by atoms with Crippen molar-refractivity contribution in [3.05, 3.63) is 92.7 Å². The maximum atomic E-state index is 13.4. The number of benzene rings is 2. The summed E-state index contributed by atoms with van der Waals surface area (Å²) in [5.41, 5.74) is 0.770. The number of non-ortho nitro benzene ring substituents is 1. The van der Waals surface area contributed by atoms with Crippen molar-refractivity contribution in [3.63, 3.8) is 0 Å². The molecule has 0 aliphatic heterocycles. The lowest BCUT2D eigenvalue weighted by molar-refractivity contribution is -0.384. The van der Waals surface area contributed by atoms with Gasteiger partial charge in [0.1, 0.15) is 0 Å². The Labute approximate surface area is 196 Å². The number of thiophene rings is 1. The topological polar surface area (TPSA) is 101 Å². The van der Waals surface area contributed by atoms with E-state index >= 15 is 0 Å². The van der Waals surface area contributed by atoms with Crippen LogP contribution in [-0.2, 0) is 27.9 Å². The van der Waals surface area contributed by atoms with Crippen LogP contribution in [0.3, 0.4) is 0 Å². The summed E-state index contributed by atoms with van der Waals surface area (Å²) in [6.07, 6.45) is 1.37. The monoisotopic (exact) mass is 485 g/mol. The summed E-state index contributed by atoms with van der Waals surface area (Å²) in [5, 5.41) is 12.9. The van der Waals surface area contributed by atoms with Gasteiger partial charge >= 0.3 is 0 Å². The molecule has 1 aromatic heterocycles. The first-order chi connectivity index (χ1) is 15.8. The van der Waals surface area contributed by atoms with Gasteiger partial charge in [0.05, 0.1) is 22.9 Å². The van der Waals surface area contributed by atoms with E-state index in [9.17, 15) is 23.3 Å². The summed E-state index contributed by atoms with van der Waals surface area (Å²) in [6.45, 7) is 0.483. The first-order valence-electron chi connectivity index (χ1n) is 10.4. The van der Waals surface area contributed by atoms with E-state index in [1.54, 1.807) is 16.2 Å². The van der Waals surface area contributed by atoms with Crippen LogP contribution in [0.25, 0.3) is 0 Å². The summed E-state index contributed by atoms with van der Waals surface area (Å²) in [6, 6.07) is 18.0. The van der Waals surface area contributed by atoms with Gasteiger partial charge in [-0.3, -0.25) is 14.9 Å². The third-order valence-corrected chi connectivity index (χ3v) is 8.17. The lowest BCUT2D eigenvalue weighted by Crippen LogP contribution is -2.43. The Morgan fingerprint density at radius 2 is 1.70 bits per heavy atom. The molecule has 0 atom stereocenters. The molecule has 1 heterocycles. The van der Waals surface area contributed by atoms with Gasteiger partial charge in [-0.1, -0.05) is 36.4 Å². The fourth-order valence-corrected chi connectivity index (χ4v) is 5.86. The van der Waals surface area contributed by atoms with E-state index in [1.165, 1.54) is 16.4 Å². The van der Waals surface area contributed by atoms with Gasteiger partial charge < -0.3 is 4.90 Å². The van der Waals surface area contributed by atoms with Crippen LogP contribution in [-0.4, -0.2) is 41.0 Å². The van der Waals surface area contributed by atoms with Gasteiger partial charge in [-0.05, 0) is 42.0 Å². The number of rotatable bonds is 10. The van der Waals surface area contributed by atoms with E-state index in [0.29, 0.717) is 25.9 Å². The molecule has 1 aliphatic rings. The zero-order valence-electron chi connectivity index (χ0n) is 17.7. The Kier molecular flexibility index (Phi) is 6.87. The van der Waals surface area contributed by atoms with Crippen molar-refractivity contribution in [2.75, 3.05) is 6.54 Å². The van der Waals surface area contributed by atoms with Crippen LogP contribution < -0.4 is 0 Å². The Hall–Kier alpha value is -3.08. The number of hydrogen-bond acceptors (Lipinski definition) is 6. The molecule has 8 nitrogen and oxygen atoms in total. The smallest absolute Gasteiger partial charge is 0.269 e. The average molecular weight is 486 g/mol. The van der Waals surface area contributed by atoms with Crippen molar-refractivity contribution < 1.29 is 18.1 Å². The highest BCUT2D eigenvalue weighted by Crippen LogP contribution is 2.32. The number of nitrogens with zero attached hydrogens (tertiary/aromatic N) is 3. The van der Waals surface area contributed by atoms with Crippen LogP contribution in [0.15, 0.2) is 77.0 Å². The molecule has 0 unspecified atom stereocenters. The Bertz CT molecular complexity index is 1210. The molecule has 2 aromatic carbocycles. The van der Waals surface area contributed by atoms with Crippen LogP contribution in [0.1, 0.15) is 23.3 Å². The van der Waals surface area contributed by atoms with Crippen LogP contribution in [0.5, 0.6) is 0 Å². The predicted molar refractivity (Wildman–Crippen MR) is 125 cm³/mol. The van der Waals surface area contributed by atoms with E-state index in [1.807, 2.05) is 47.8 Å². The number of carbonyl (C=O) groups is 1. The van der Waals surface area contributed by atoms with Crippen molar-refractivity contribution in [3.8, 4) is 0 Å². The minimum atomic E-state index is -3.98. The van der Waals surface area contributed by atoms with Crippen molar-refractivity contribution in [2.45, 2.75) is 36.9 Å². The van der Waals surface area contributed by atoms with E-state index in [4.69, 9.17) is 0 Å². The van der Waals surface area contributed by atoms with Crippen LogP contribution in [0.4, 0.5) is 5.69 Å². The molecule has 33 heavy (non-hydrogen) atoms. The number of hydrogen-bond donors (Lipinski definition) is 0. The molecule has 1 fully saturated rings. The zero-order valence-corrected chi connectivity index (χ0v) is 19.4. The lowest BCUT2D eigenvalue weighted by atomic mass is 10.2. The Balaban J connectivity index is 1.56. The number of nitro groups is 1. The number of carbonyl (C=O) groups excluding carboxylic acids is 1. The summed E-state index contributed by atoms with van der Waals surface area (Å²) in [4.78, 5) is 26.3. The molecule has 0 spiro atoms. The molecule has 172 valence electrons. The highest BCUT2D eigenvalue weighted by atomic mass is 32.2. The normalized spacial score (nSPS) is 13.7. The Morgan fingerprint density at radius 1 is 1.00 bits per heavy atom. The fourth-order valence-electron chi connectivity index (χ4n) is 3.51. The van der Waals surface area contributed by atoms with Gasteiger partial charge in [0.25, 0.3) is 5.69 Å². The van der Waals surface area contributed by atoms with E-state index in [-0.39, 0.29) is 29.1 Å². The molecule has 10 heteroatoms. The first-order valence-corrected chi connectivity index (χ1v) is 12.8. The van der Waals surface area contributed by atoms with Crippen LogP contribution in [0.2, 0.25) is 0 Å². The second kappa shape index (κ2) is 9.82. The van der Waals surface area contributed by atoms with Crippen LogP contribution >= 0.6 is 11.3 Å². The molecule has 1 saturated carbocycles. The second-order valence-corrected chi connectivity index (χ2v) is 10.8. The maximum absolute atomic E-state index is 13.4.